The number of aromatic nitrogens is 2. The maximum absolute atomic E-state index is 12.6. The Kier molecular flexibility index (Phi) is 4.96. The van der Waals surface area contributed by atoms with Crippen molar-refractivity contribution in [3.8, 4) is 0 Å². The smallest absolute Gasteiger partial charge is 0.346 e. The monoisotopic (exact) mass is 349 g/mol. The minimum Gasteiger partial charge on any atom is -0.465 e. The van der Waals surface area contributed by atoms with Gasteiger partial charge in [-0.05, 0) is 33.3 Å². The van der Waals surface area contributed by atoms with Crippen LogP contribution in [0.2, 0.25) is 0 Å². The van der Waals surface area contributed by atoms with E-state index in [0.717, 1.165) is 0 Å². The minimum atomic E-state index is -1.11. The molecule has 0 bridgehead atoms. The van der Waals surface area contributed by atoms with Crippen molar-refractivity contribution in [3.63, 3.8) is 0 Å². The third kappa shape index (κ3) is 3.25. The SMILES string of the molecule is COC(=O)c1c(C)[nH]c(C(=O)C(C)OC(=O)c2c(C)noc2N)c1C. The number of methoxy groups -OCH3 is 1. The number of aryl methyl sites for hydroxylation is 2. The summed E-state index contributed by atoms with van der Waals surface area (Å²) in [4.78, 5) is 39.4. The minimum absolute atomic E-state index is 0.0192. The summed E-state index contributed by atoms with van der Waals surface area (Å²) >= 11 is 0. The number of H-pyrrole nitrogens is 1. The van der Waals surface area contributed by atoms with E-state index in [2.05, 4.69) is 10.1 Å². The number of hydrogen-bond donors (Lipinski definition) is 2. The lowest BCUT2D eigenvalue weighted by molar-refractivity contribution is 0.0316. The molecule has 2 rings (SSSR count). The zero-order valence-corrected chi connectivity index (χ0v) is 14.6. The van der Waals surface area contributed by atoms with Crippen molar-refractivity contribution >= 4 is 23.6 Å². The predicted molar refractivity (Wildman–Crippen MR) is 86.5 cm³/mol. The third-order valence-corrected chi connectivity index (χ3v) is 3.82. The van der Waals surface area contributed by atoms with Gasteiger partial charge < -0.3 is 24.7 Å². The molecule has 3 N–H and O–H groups in total. The number of aromatic amines is 1. The van der Waals surface area contributed by atoms with Crippen molar-refractivity contribution < 1.29 is 28.4 Å². The van der Waals surface area contributed by atoms with Crippen molar-refractivity contribution in [3.05, 3.63) is 33.8 Å². The number of carbonyl (C=O) groups excluding carboxylic acids is 3. The number of carbonyl (C=O) groups is 3. The number of esters is 2. The Hall–Kier alpha value is -3.10. The van der Waals surface area contributed by atoms with Gasteiger partial charge in [0.1, 0.15) is 5.56 Å². The van der Waals surface area contributed by atoms with Crippen LogP contribution in [0.4, 0.5) is 5.88 Å². The van der Waals surface area contributed by atoms with Gasteiger partial charge in [0.05, 0.1) is 24.1 Å². The highest BCUT2D eigenvalue weighted by atomic mass is 16.5. The van der Waals surface area contributed by atoms with Gasteiger partial charge in [-0.2, -0.15) is 0 Å². The molecule has 2 aromatic rings. The zero-order valence-electron chi connectivity index (χ0n) is 14.6. The molecule has 0 amide bonds. The van der Waals surface area contributed by atoms with E-state index in [9.17, 15) is 14.4 Å². The first-order valence-electron chi connectivity index (χ1n) is 7.43. The molecular weight excluding hydrogens is 330 g/mol. The molecule has 0 aliphatic carbocycles. The van der Waals surface area contributed by atoms with Crippen LogP contribution >= 0.6 is 0 Å². The fourth-order valence-corrected chi connectivity index (χ4v) is 2.52. The second kappa shape index (κ2) is 6.80. The molecule has 0 aliphatic rings. The number of ether oxygens (including phenoxy) is 2. The molecule has 0 aliphatic heterocycles. The molecule has 0 radical (unpaired) electrons. The van der Waals surface area contributed by atoms with E-state index in [-0.39, 0.29) is 28.4 Å². The normalized spacial score (nSPS) is 11.9. The van der Waals surface area contributed by atoms with Gasteiger partial charge >= 0.3 is 11.9 Å². The summed E-state index contributed by atoms with van der Waals surface area (Å²) in [7, 11) is 1.26. The van der Waals surface area contributed by atoms with Crippen molar-refractivity contribution in [2.24, 2.45) is 0 Å². The number of ketones is 1. The first-order chi connectivity index (χ1) is 11.7. The van der Waals surface area contributed by atoms with Crippen molar-refractivity contribution in [1.82, 2.24) is 10.1 Å². The van der Waals surface area contributed by atoms with E-state index in [1.807, 2.05) is 0 Å². The van der Waals surface area contributed by atoms with E-state index in [0.29, 0.717) is 11.3 Å². The van der Waals surface area contributed by atoms with Gasteiger partial charge in [0, 0.05) is 5.69 Å². The second-order valence-corrected chi connectivity index (χ2v) is 5.54. The average molecular weight is 349 g/mol. The maximum Gasteiger partial charge on any atom is 0.346 e. The highest BCUT2D eigenvalue weighted by molar-refractivity contribution is 6.05. The Labute approximate surface area is 143 Å². The van der Waals surface area contributed by atoms with E-state index in [4.69, 9.17) is 19.7 Å². The fraction of sp³-hybridized carbons (Fsp3) is 0.375. The van der Waals surface area contributed by atoms with Crippen LogP contribution in [0.5, 0.6) is 0 Å². The quantitative estimate of drug-likeness (QED) is 0.615. The molecule has 0 aromatic carbocycles. The number of nitrogen functional groups attached to an aromatic ring is 1. The van der Waals surface area contributed by atoms with Crippen LogP contribution in [0.15, 0.2) is 4.52 Å². The molecule has 134 valence electrons. The Morgan fingerprint density at radius 2 is 1.80 bits per heavy atom. The second-order valence-electron chi connectivity index (χ2n) is 5.54. The number of nitrogens with two attached hydrogens (primary N) is 1. The Balaban J connectivity index is 2.24. The van der Waals surface area contributed by atoms with Crippen LogP contribution in [0.25, 0.3) is 0 Å². The van der Waals surface area contributed by atoms with E-state index in [1.54, 1.807) is 13.8 Å². The number of Topliss-reactive ketones (excluding diaryl/α,β-unsaturated/α-hetero) is 1. The Morgan fingerprint density at radius 3 is 2.32 bits per heavy atom. The summed E-state index contributed by atoms with van der Waals surface area (Å²) in [6.07, 6.45) is -1.11. The average Bonchev–Trinajstić information content (AvgIpc) is 3.04. The molecule has 2 aromatic heterocycles. The number of nitrogens with zero attached hydrogens (tertiary/aromatic N) is 1. The van der Waals surface area contributed by atoms with Crippen molar-refractivity contribution in [2.75, 3.05) is 12.8 Å². The van der Waals surface area contributed by atoms with Gasteiger partial charge in [-0.15, -0.1) is 0 Å². The lowest BCUT2D eigenvalue weighted by atomic mass is 10.1. The van der Waals surface area contributed by atoms with Crippen LogP contribution in [0, 0.1) is 20.8 Å². The summed E-state index contributed by atoms with van der Waals surface area (Å²) in [6.45, 7) is 6.21. The van der Waals surface area contributed by atoms with Crippen molar-refractivity contribution in [1.29, 1.82) is 0 Å². The molecule has 9 nitrogen and oxygen atoms in total. The highest BCUT2D eigenvalue weighted by Gasteiger charge is 2.29. The van der Waals surface area contributed by atoms with Crippen molar-refractivity contribution in [2.45, 2.75) is 33.8 Å². The summed E-state index contributed by atoms with van der Waals surface area (Å²) in [5.74, 6) is -2.03. The van der Waals surface area contributed by atoms with Crippen LogP contribution in [0.3, 0.4) is 0 Å². The van der Waals surface area contributed by atoms with Gasteiger partial charge in [0.2, 0.25) is 11.7 Å². The van der Waals surface area contributed by atoms with Gasteiger partial charge in [-0.3, -0.25) is 4.79 Å². The maximum atomic E-state index is 12.6. The Bertz CT molecular complexity index is 829. The fourth-order valence-electron chi connectivity index (χ4n) is 2.52. The molecule has 0 fully saturated rings. The summed E-state index contributed by atoms with van der Waals surface area (Å²) in [6, 6.07) is 0. The van der Waals surface area contributed by atoms with E-state index >= 15 is 0 Å². The molecular formula is C16H19N3O6. The molecule has 0 saturated heterocycles. The third-order valence-electron chi connectivity index (χ3n) is 3.82. The van der Waals surface area contributed by atoms with Gasteiger partial charge in [0.25, 0.3) is 0 Å². The standard InChI is InChI=1S/C16H19N3O6/c1-6-10(15(21)23-5)7(2)18-12(6)13(20)9(4)24-16(22)11-8(3)19-25-14(11)17/h9,18H,17H2,1-5H3. The van der Waals surface area contributed by atoms with Gasteiger partial charge in [-0.25, -0.2) is 9.59 Å². The summed E-state index contributed by atoms with van der Waals surface area (Å²) in [5.41, 5.74) is 7.15. The lowest BCUT2D eigenvalue weighted by Gasteiger charge is -2.12. The summed E-state index contributed by atoms with van der Waals surface area (Å²) in [5, 5.41) is 3.56. The summed E-state index contributed by atoms with van der Waals surface area (Å²) < 4.78 is 14.6. The van der Waals surface area contributed by atoms with Gasteiger partial charge in [-0.1, -0.05) is 5.16 Å². The topological polar surface area (TPSA) is 138 Å². The molecule has 1 unspecified atom stereocenters. The molecule has 9 heteroatoms. The largest absolute Gasteiger partial charge is 0.465 e. The predicted octanol–water partition coefficient (Wildman–Crippen LogP) is 1.72. The molecule has 25 heavy (non-hydrogen) atoms. The number of rotatable bonds is 5. The van der Waals surface area contributed by atoms with Crippen LogP contribution < -0.4 is 5.73 Å². The lowest BCUT2D eigenvalue weighted by Crippen LogP contribution is -2.26. The van der Waals surface area contributed by atoms with Gasteiger partial charge in [0.15, 0.2) is 6.10 Å². The molecule has 1 atom stereocenters. The molecule has 0 saturated carbocycles. The van der Waals surface area contributed by atoms with E-state index in [1.165, 1.54) is 21.0 Å². The highest BCUT2D eigenvalue weighted by Crippen LogP contribution is 2.22. The first kappa shape index (κ1) is 18.2. The Morgan fingerprint density at radius 1 is 1.16 bits per heavy atom. The number of anilines is 1. The molecule has 0 spiro atoms. The number of hydrogen-bond acceptors (Lipinski definition) is 8. The number of nitrogens with one attached hydrogen (secondary N) is 1. The zero-order chi connectivity index (χ0) is 18.9. The van der Waals surface area contributed by atoms with Crippen LogP contribution in [-0.4, -0.2) is 41.1 Å². The van der Waals surface area contributed by atoms with Crippen LogP contribution in [0.1, 0.15) is 55.1 Å². The van der Waals surface area contributed by atoms with Crippen LogP contribution in [-0.2, 0) is 9.47 Å². The first-order valence-corrected chi connectivity index (χ1v) is 7.43. The van der Waals surface area contributed by atoms with E-state index < -0.39 is 23.8 Å². The molecule has 2 heterocycles.